The summed E-state index contributed by atoms with van der Waals surface area (Å²) >= 11 is 1.31. The van der Waals surface area contributed by atoms with Crippen molar-refractivity contribution in [3.05, 3.63) is 41.5 Å². The minimum atomic E-state index is -0.376. The molecule has 0 N–H and O–H groups in total. The van der Waals surface area contributed by atoms with Crippen LogP contribution in [0.25, 0.3) is 0 Å². The molecule has 1 atom stereocenters. The number of para-hydroxylation sites is 1. The lowest BCUT2D eigenvalue weighted by Gasteiger charge is -2.16. The summed E-state index contributed by atoms with van der Waals surface area (Å²) in [5.41, 5.74) is 1.17. The monoisotopic (exact) mass is 306 g/mol. The molecular weight excluding hydrogens is 291 g/mol. The fraction of sp³-hybridized carbons (Fsp3) is 0.333. The molecule has 2 heterocycles. The van der Waals surface area contributed by atoms with Gasteiger partial charge < -0.3 is 9.32 Å². The van der Waals surface area contributed by atoms with E-state index in [1.54, 1.807) is 18.2 Å². The minimum Gasteiger partial charge on any atom is -0.437 e. The number of amides is 1. The Balaban J connectivity index is 1.76. The second-order valence-electron chi connectivity index (χ2n) is 4.96. The van der Waals surface area contributed by atoms with E-state index in [1.807, 2.05) is 13.8 Å². The van der Waals surface area contributed by atoms with Crippen LogP contribution in [0, 0.1) is 19.7 Å². The van der Waals surface area contributed by atoms with E-state index in [9.17, 15) is 9.18 Å². The first-order chi connectivity index (χ1) is 10.1. The average molecular weight is 306 g/mol. The van der Waals surface area contributed by atoms with Gasteiger partial charge in [0.05, 0.1) is 16.6 Å². The van der Waals surface area contributed by atoms with Gasteiger partial charge in [0.1, 0.15) is 11.6 Å². The first-order valence-electron chi connectivity index (χ1n) is 6.73. The van der Waals surface area contributed by atoms with Crippen LogP contribution in [0.1, 0.15) is 17.9 Å². The van der Waals surface area contributed by atoms with Crippen molar-refractivity contribution in [1.29, 1.82) is 0 Å². The number of oxazole rings is 1. The number of carbonyl (C=O) groups is 1. The van der Waals surface area contributed by atoms with Crippen LogP contribution in [0.5, 0.6) is 0 Å². The zero-order chi connectivity index (χ0) is 15.0. The summed E-state index contributed by atoms with van der Waals surface area (Å²) in [6.07, 6.45) is 0.651. The molecule has 1 aliphatic heterocycles. The Morgan fingerprint density at radius 2 is 2.14 bits per heavy atom. The van der Waals surface area contributed by atoms with Gasteiger partial charge in [-0.1, -0.05) is 23.9 Å². The molecule has 4 nitrogen and oxygen atoms in total. The number of nitrogens with zero attached hydrogens (tertiary/aromatic N) is 2. The third kappa shape index (κ3) is 2.68. The molecule has 3 rings (SSSR count). The van der Waals surface area contributed by atoms with Crippen molar-refractivity contribution >= 4 is 23.4 Å². The Morgan fingerprint density at radius 1 is 1.38 bits per heavy atom. The van der Waals surface area contributed by atoms with E-state index in [-0.39, 0.29) is 17.0 Å². The highest BCUT2D eigenvalue weighted by Gasteiger charge is 2.35. The van der Waals surface area contributed by atoms with E-state index in [4.69, 9.17) is 4.42 Å². The Hall–Kier alpha value is -1.82. The maximum absolute atomic E-state index is 13.8. The molecule has 110 valence electrons. The van der Waals surface area contributed by atoms with E-state index >= 15 is 0 Å². The molecule has 6 heteroatoms. The Kier molecular flexibility index (Phi) is 3.71. The van der Waals surface area contributed by atoms with Crippen molar-refractivity contribution in [2.75, 3.05) is 11.4 Å². The molecule has 1 aliphatic rings. The smallest absolute Gasteiger partial charge is 0.256 e. The summed E-state index contributed by atoms with van der Waals surface area (Å²) in [7, 11) is 0. The van der Waals surface area contributed by atoms with Gasteiger partial charge in [-0.05, 0) is 32.4 Å². The van der Waals surface area contributed by atoms with Crippen LogP contribution in [-0.2, 0) is 4.79 Å². The highest BCUT2D eigenvalue weighted by atomic mass is 32.2. The number of halogens is 1. The Labute approximate surface area is 126 Å². The van der Waals surface area contributed by atoms with Crippen molar-refractivity contribution in [1.82, 2.24) is 4.98 Å². The number of benzene rings is 1. The third-order valence-electron chi connectivity index (χ3n) is 3.55. The molecule has 1 fully saturated rings. The molecule has 2 aromatic rings. The van der Waals surface area contributed by atoms with E-state index in [2.05, 4.69) is 4.98 Å². The zero-order valence-corrected chi connectivity index (χ0v) is 12.6. The lowest BCUT2D eigenvalue weighted by Crippen LogP contribution is -2.28. The summed E-state index contributed by atoms with van der Waals surface area (Å²) in [5.74, 6) is 0.284. The number of hydrogen-bond donors (Lipinski definition) is 0. The molecule has 0 saturated carbocycles. The number of anilines is 1. The van der Waals surface area contributed by atoms with Gasteiger partial charge in [0, 0.05) is 6.54 Å². The number of thioether (sulfide) groups is 1. The Morgan fingerprint density at radius 3 is 2.81 bits per heavy atom. The molecule has 0 spiro atoms. The van der Waals surface area contributed by atoms with Crippen LogP contribution in [0.4, 0.5) is 10.1 Å². The van der Waals surface area contributed by atoms with Gasteiger partial charge in [0.2, 0.25) is 5.91 Å². The van der Waals surface area contributed by atoms with E-state index in [0.717, 1.165) is 11.5 Å². The van der Waals surface area contributed by atoms with Gasteiger partial charge >= 0.3 is 0 Å². The van der Waals surface area contributed by atoms with Crippen LogP contribution in [0.15, 0.2) is 33.9 Å². The summed E-state index contributed by atoms with van der Waals surface area (Å²) in [6, 6.07) is 6.33. The molecule has 0 radical (unpaired) electrons. The van der Waals surface area contributed by atoms with Crippen molar-refractivity contribution in [3.8, 4) is 0 Å². The molecule has 1 amide bonds. The van der Waals surface area contributed by atoms with Gasteiger partial charge in [0.15, 0.2) is 0 Å². The second kappa shape index (κ2) is 5.52. The molecule has 21 heavy (non-hydrogen) atoms. The van der Waals surface area contributed by atoms with Gasteiger partial charge in [-0.15, -0.1) is 0 Å². The van der Waals surface area contributed by atoms with E-state index in [0.29, 0.717) is 23.9 Å². The van der Waals surface area contributed by atoms with Crippen molar-refractivity contribution in [2.45, 2.75) is 30.7 Å². The number of aryl methyl sites for hydroxylation is 2. The van der Waals surface area contributed by atoms with Crippen LogP contribution < -0.4 is 4.90 Å². The quantitative estimate of drug-likeness (QED) is 0.872. The fourth-order valence-corrected chi connectivity index (χ4v) is 3.35. The molecule has 0 bridgehead atoms. The molecular formula is C15H15FN2O2S. The second-order valence-corrected chi connectivity index (χ2v) is 6.11. The maximum atomic E-state index is 13.8. The number of carbonyl (C=O) groups excluding carboxylic acids is 1. The van der Waals surface area contributed by atoms with Gasteiger partial charge in [0.25, 0.3) is 5.22 Å². The highest BCUT2D eigenvalue weighted by molar-refractivity contribution is 8.00. The standard InChI is InChI=1S/C15H15FN2O2S/c1-9-10(2)20-15(17-9)21-13-7-8-18(14(13)19)12-6-4-3-5-11(12)16/h3-6,13H,7-8H2,1-2H3/t13-/m0/s1. The normalized spacial score (nSPS) is 18.5. The van der Waals surface area contributed by atoms with Crippen LogP contribution in [0.2, 0.25) is 0 Å². The van der Waals surface area contributed by atoms with Crippen LogP contribution >= 0.6 is 11.8 Å². The van der Waals surface area contributed by atoms with Crippen molar-refractivity contribution in [2.24, 2.45) is 0 Å². The molecule has 0 unspecified atom stereocenters. The number of rotatable bonds is 3. The highest BCUT2D eigenvalue weighted by Crippen LogP contribution is 2.34. The largest absolute Gasteiger partial charge is 0.437 e. The van der Waals surface area contributed by atoms with E-state index < -0.39 is 0 Å². The summed E-state index contributed by atoms with van der Waals surface area (Å²) in [5, 5.41) is 0.223. The fourth-order valence-electron chi connectivity index (χ4n) is 2.29. The number of aromatic nitrogens is 1. The molecule has 0 aliphatic carbocycles. The van der Waals surface area contributed by atoms with Gasteiger partial charge in [-0.3, -0.25) is 4.79 Å². The summed E-state index contributed by atoms with van der Waals surface area (Å²) < 4.78 is 19.3. The molecule has 1 saturated heterocycles. The van der Waals surface area contributed by atoms with Gasteiger partial charge in [-0.25, -0.2) is 9.37 Å². The van der Waals surface area contributed by atoms with Crippen molar-refractivity contribution in [3.63, 3.8) is 0 Å². The molecule has 1 aromatic heterocycles. The maximum Gasteiger partial charge on any atom is 0.256 e. The van der Waals surface area contributed by atoms with Crippen LogP contribution in [-0.4, -0.2) is 22.7 Å². The lowest BCUT2D eigenvalue weighted by atomic mass is 10.3. The predicted molar refractivity (Wildman–Crippen MR) is 79.0 cm³/mol. The van der Waals surface area contributed by atoms with Crippen LogP contribution in [0.3, 0.4) is 0 Å². The zero-order valence-electron chi connectivity index (χ0n) is 11.8. The summed E-state index contributed by atoms with van der Waals surface area (Å²) in [6.45, 7) is 4.22. The average Bonchev–Trinajstić information content (AvgIpc) is 2.96. The minimum absolute atomic E-state index is 0.0985. The third-order valence-corrected chi connectivity index (χ3v) is 4.65. The van der Waals surface area contributed by atoms with Crippen molar-refractivity contribution < 1.29 is 13.6 Å². The molecule has 1 aromatic carbocycles. The van der Waals surface area contributed by atoms with E-state index in [1.165, 1.54) is 22.7 Å². The first kappa shape index (κ1) is 14.1. The number of hydrogen-bond acceptors (Lipinski definition) is 4. The predicted octanol–water partition coefficient (Wildman–Crippen LogP) is 3.33. The Bertz CT molecular complexity index is 667. The SMILES string of the molecule is Cc1nc(S[C@H]2CCN(c3ccccc3F)C2=O)oc1C. The first-order valence-corrected chi connectivity index (χ1v) is 7.61. The lowest BCUT2D eigenvalue weighted by molar-refractivity contribution is -0.116. The summed E-state index contributed by atoms with van der Waals surface area (Å²) in [4.78, 5) is 18.2. The van der Waals surface area contributed by atoms with Gasteiger partial charge in [-0.2, -0.15) is 0 Å². The topological polar surface area (TPSA) is 46.3 Å².